The third-order valence-corrected chi connectivity index (χ3v) is 4.10. The van der Waals surface area contributed by atoms with Crippen molar-refractivity contribution in [3.05, 3.63) is 0 Å². The van der Waals surface area contributed by atoms with Crippen LogP contribution < -0.4 is 0 Å². The lowest BCUT2D eigenvalue weighted by Crippen LogP contribution is -2.54. The highest BCUT2D eigenvalue weighted by molar-refractivity contribution is 5.74. The van der Waals surface area contributed by atoms with E-state index in [0.717, 1.165) is 19.4 Å². The standard InChI is InChI=1S/C13H25NO3/c1-4-13(17,5-2)9-14-8-6-7-10(3)11(14)12(15)16/h10-11,17H,4-9H2,1-3H3,(H,15,16). The number of carbonyl (C=O) groups is 1. The zero-order valence-electron chi connectivity index (χ0n) is 11.1. The van der Waals surface area contributed by atoms with Crippen LogP contribution in [0.1, 0.15) is 46.5 Å². The van der Waals surface area contributed by atoms with Crippen LogP contribution in [0.3, 0.4) is 0 Å². The largest absolute Gasteiger partial charge is 0.480 e. The van der Waals surface area contributed by atoms with Gasteiger partial charge in [0.1, 0.15) is 6.04 Å². The lowest BCUT2D eigenvalue weighted by atomic mass is 9.88. The van der Waals surface area contributed by atoms with Crippen LogP contribution in [-0.4, -0.2) is 45.8 Å². The summed E-state index contributed by atoms with van der Waals surface area (Å²) >= 11 is 0. The van der Waals surface area contributed by atoms with Gasteiger partial charge in [-0.05, 0) is 38.1 Å². The summed E-state index contributed by atoms with van der Waals surface area (Å²) in [5, 5.41) is 19.6. The Balaban J connectivity index is 2.76. The summed E-state index contributed by atoms with van der Waals surface area (Å²) in [5.74, 6) is -0.592. The molecule has 0 saturated carbocycles. The monoisotopic (exact) mass is 243 g/mol. The maximum Gasteiger partial charge on any atom is 0.321 e. The van der Waals surface area contributed by atoms with Crippen molar-refractivity contribution in [1.82, 2.24) is 4.90 Å². The van der Waals surface area contributed by atoms with Crippen molar-refractivity contribution in [2.24, 2.45) is 5.92 Å². The average molecular weight is 243 g/mol. The molecular weight excluding hydrogens is 218 g/mol. The zero-order chi connectivity index (χ0) is 13.1. The number of aliphatic hydroxyl groups is 1. The fourth-order valence-corrected chi connectivity index (χ4v) is 2.70. The number of carboxylic acids is 1. The molecule has 0 aromatic carbocycles. The number of hydrogen-bond donors (Lipinski definition) is 2. The summed E-state index contributed by atoms with van der Waals surface area (Å²) in [4.78, 5) is 13.3. The van der Waals surface area contributed by atoms with Crippen LogP contribution >= 0.6 is 0 Å². The van der Waals surface area contributed by atoms with Gasteiger partial charge in [0.25, 0.3) is 0 Å². The number of nitrogens with zero attached hydrogens (tertiary/aromatic N) is 1. The van der Waals surface area contributed by atoms with Gasteiger partial charge in [0, 0.05) is 6.54 Å². The normalized spacial score (nSPS) is 27.1. The summed E-state index contributed by atoms with van der Waals surface area (Å²) in [6, 6.07) is -0.437. The van der Waals surface area contributed by atoms with Gasteiger partial charge in [0.15, 0.2) is 0 Å². The molecule has 100 valence electrons. The van der Waals surface area contributed by atoms with E-state index in [0.29, 0.717) is 19.4 Å². The van der Waals surface area contributed by atoms with Crippen LogP contribution in [0.2, 0.25) is 0 Å². The fourth-order valence-electron chi connectivity index (χ4n) is 2.70. The first kappa shape index (κ1) is 14.5. The minimum Gasteiger partial charge on any atom is -0.480 e. The quantitative estimate of drug-likeness (QED) is 0.772. The van der Waals surface area contributed by atoms with E-state index in [9.17, 15) is 15.0 Å². The van der Waals surface area contributed by atoms with Crippen LogP contribution in [0.4, 0.5) is 0 Å². The van der Waals surface area contributed by atoms with Crippen LogP contribution in [-0.2, 0) is 4.79 Å². The van der Waals surface area contributed by atoms with E-state index in [1.54, 1.807) is 0 Å². The number of hydrogen-bond acceptors (Lipinski definition) is 3. The summed E-state index contributed by atoms with van der Waals surface area (Å²) < 4.78 is 0. The van der Waals surface area contributed by atoms with E-state index in [2.05, 4.69) is 0 Å². The summed E-state index contributed by atoms with van der Waals surface area (Å²) in [6.45, 7) is 7.14. The number of carboxylic acid groups (broad SMARTS) is 1. The number of likely N-dealkylation sites (tertiary alicyclic amines) is 1. The van der Waals surface area contributed by atoms with E-state index >= 15 is 0 Å². The molecule has 0 amide bonds. The molecule has 2 unspecified atom stereocenters. The van der Waals surface area contributed by atoms with Crippen molar-refractivity contribution in [3.63, 3.8) is 0 Å². The smallest absolute Gasteiger partial charge is 0.321 e. The fraction of sp³-hybridized carbons (Fsp3) is 0.923. The number of β-amino-alcohol motifs (C(OH)–C–C–N with tert-alkyl or cyclic N) is 1. The van der Waals surface area contributed by atoms with Gasteiger partial charge in [0.05, 0.1) is 5.60 Å². The Morgan fingerprint density at radius 1 is 1.41 bits per heavy atom. The predicted molar refractivity (Wildman–Crippen MR) is 66.9 cm³/mol. The lowest BCUT2D eigenvalue weighted by molar-refractivity contribution is -0.149. The molecule has 1 aliphatic rings. The summed E-state index contributed by atoms with van der Waals surface area (Å²) in [7, 11) is 0. The maximum atomic E-state index is 11.3. The van der Waals surface area contributed by atoms with E-state index in [-0.39, 0.29) is 5.92 Å². The molecule has 0 bridgehead atoms. The zero-order valence-corrected chi connectivity index (χ0v) is 11.1. The highest BCUT2D eigenvalue weighted by atomic mass is 16.4. The van der Waals surface area contributed by atoms with Gasteiger partial charge in [0.2, 0.25) is 0 Å². The van der Waals surface area contributed by atoms with Crippen molar-refractivity contribution in [1.29, 1.82) is 0 Å². The number of aliphatic carboxylic acids is 1. The van der Waals surface area contributed by atoms with Gasteiger partial charge in [-0.2, -0.15) is 0 Å². The molecule has 1 rings (SSSR count). The van der Waals surface area contributed by atoms with Gasteiger partial charge in [-0.15, -0.1) is 0 Å². The van der Waals surface area contributed by atoms with Crippen LogP contribution in [0, 0.1) is 5.92 Å². The van der Waals surface area contributed by atoms with Crippen molar-refractivity contribution in [2.45, 2.75) is 58.1 Å². The van der Waals surface area contributed by atoms with Crippen LogP contribution in [0.15, 0.2) is 0 Å². The summed E-state index contributed by atoms with van der Waals surface area (Å²) in [6.07, 6.45) is 3.32. The van der Waals surface area contributed by atoms with Crippen molar-refractivity contribution >= 4 is 5.97 Å². The molecule has 2 N–H and O–H groups in total. The van der Waals surface area contributed by atoms with E-state index in [4.69, 9.17) is 0 Å². The molecule has 4 heteroatoms. The van der Waals surface area contributed by atoms with Crippen molar-refractivity contribution in [2.75, 3.05) is 13.1 Å². The molecule has 1 aliphatic heterocycles. The molecule has 0 spiro atoms. The molecular formula is C13H25NO3. The second kappa shape index (κ2) is 5.83. The average Bonchev–Trinajstić information content (AvgIpc) is 2.28. The lowest BCUT2D eigenvalue weighted by Gasteiger charge is -2.41. The Morgan fingerprint density at radius 3 is 2.47 bits per heavy atom. The molecule has 0 radical (unpaired) electrons. The SMILES string of the molecule is CCC(O)(CC)CN1CCCC(C)C1C(=O)O. The van der Waals surface area contributed by atoms with Crippen LogP contribution in [0.5, 0.6) is 0 Å². The Kier molecular flexibility index (Phi) is 4.95. The second-order valence-electron chi connectivity index (χ2n) is 5.30. The first-order chi connectivity index (χ1) is 7.93. The van der Waals surface area contributed by atoms with Crippen molar-refractivity contribution < 1.29 is 15.0 Å². The molecule has 1 heterocycles. The van der Waals surface area contributed by atoms with Gasteiger partial charge in [-0.3, -0.25) is 9.69 Å². The van der Waals surface area contributed by atoms with E-state index < -0.39 is 17.6 Å². The molecule has 4 nitrogen and oxygen atoms in total. The third kappa shape index (κ3) is 3.42. The molecule has 0 aliphatic carbocycles. The molecule has 0 aromatic rings. The Labute approximate surface area is 104 Å². The topological polar surface area (TPSA) is 60.8 Å². The minimum atomic E-state index is -0.758. The highest BCUT2D eigenvalue weighted by Gasteiger charge is 2.37. The predicted octanol–water partition coefficient (Wildman–Crippen LogP) is 1.72. The number of rotatable bonds is 5. The first-order valence-electron chi connectivity index (χ1n) is 6.62. The molecule has 2 atom stereocenters. The molecule has 0 aromatic heterocycles. The van der Waals surface area contributed by atoms with Crippen LogP contribution in [0.25, 0.3) is 0 Å². The minimum absolute atomic E-state index is 0.166. The summed E-state index contributed by atoms with van der Waals surface area (Å²) in [5.41, 5.74) is -0.745. The maximum absolute atomic E-state index is 11.3. The molecule has 1 fully saturated rings. The Bertz CT molecular complexity index is 263. The van der Waals surface area contributed by atoms with E-state index in [1.807, 2.05) is 25.7 Å². The Morgan fingerprint density at radius 2 is 2.00 bits per heavy atom. The Hall–Kier alpha value is -0.610. The van der Waals surface area contributed by atoms with Gasteiger partial charge in [-0.25, -0.2) is 0 Å². The van der Waals surface area contributed by atoms with E-state index in [1.165, 1.54) is 0 Å². The first-order valence-corrected chi connectivity index (χ1v) is 6.62. The highest BCUT2D eigenvalue weighted by Crippen LogP contribution is 2.27. The number of piperidine rings is 1. The molecule has 17 heavy (non-hydrogen) atoms. The third-order valence-electron chi connectivity index (χ3n) is 4.10. The molecule has 1 saturated heterocycles. The second-order valence-corrected chi connectivity index (χ2v) is 5.30. The van der Waals surface area contributed by atoms with Gasteiger partial charge in [-0.1, -0.05) is 20.8 Å². The van der Waals surface area contributed by atoms with Gasteiger partial charge >= 0.3 is 5.97 Å². The van der Waals surface area contributed by atoms with Gasteiger partial charge < -0.3 is 10.2 Å². The van der Waals surface area contributed by atoms with Crippen molar-refractivity contribution in [3.8, 4) is 0 Å².